The molecule has 2 aliphatic rings. The zero-order valence-electron chi connectivity index (χ0n) is 18.8. The van der Waals surface area contributed by atoms with Crippen LogP contribution in [0.2, 0.25) is 0 Å². The highest BCUT2D eigenvalue weighted by atomic mass is 16.6. The van der Waals surface area contributed by atoms with Crippen LogP contribution in [0.4, 0.5) is 4.79 Å². The highest BCUT2D eigenvalue weighted by Gasteiger charge is 2.50. The molecule has 1 saturated carbocycles. The lowest BCUT2D eigenvalue weighted by Crippen LogP contribution is -2.31. The van der Waals surface area contributed by atoms with Gasteiger partial charge in [-0.05, 0) is 56.4 Å². The van der Waals surface area contributed by atoms with Crippen molar-refractivity contribution in [3.05, 3.63) is 41.7 Å². The predicted octanol–water partition coefficient (Wildman–Crippen LogP) is 3.99. The summed E-state index contributed by atoms with van der Waals surface area (Å²) < 4.78 is 18.6. The van der Waals surface area contributed by atoms with E-state index >= 15 is 0 Å². The van der Waals surface area contributed by atoms with Crippen molar-refractivity contribution in [1.82, 2.24) is 19.5 Å². The van der Waals surface area contributed by atoms with Crippen LogP contribution in [-0.4, -0.2) is 59.5 Å². The van der Waals surface area contributed by atoms with Gasteiger partial charge in [0.05, 0.1) is 25.3 Å². The summed E-state index contributed by atoms with van der Waals surface area (Å²) in [6.45, 7) is 3.87. The summed E-state index contributed by atoms with van der Waals surface area (Å²) in [7, 11) is 3.30. The Bertz CT molecular complexity index is 1160. The van der Waals surface area contributed by atoms with Gasteiger partial charge in [-0.15, -0.1) is 5.10 Å². The van der Waals surface area contributed by atoms with Crippen LogP contribution < -0.4 is 9.47 Å². The number of hydrogen-bond acceptors (Lipinski definition) is 6. The third-order valence-corrected chi connectivity index (χ3v) is 6.54. The molecule has 0 spiro atoms. The lowest BCUT2D eigenvalue weighted by atomic mass is 10.1. The summed E-state index contributed by atoms with van der Waals surface area (Å²) in [6.07, 6.45) is 3.64. The first-order valence-electron chi connectivity index (χ1n) is 11.1. The topological polar surface area (TPSA) is 78.2 Å². The zero-order chi connectivity index (χ0) is 22.3. The molecule has 1 aliphatic carbocycles. The van der Waals surface area contributed by atoms with E-state index in [1.54, 1.807) is 19.1 Å². The maximum absolute atomic E-state index is 12.4. The van der Waals surface area contributed by atoms with E-state index in [2.05, 4.69) is 0 Å². The third-order valence-electron chi connectivity index (χ3n) is 6.54. The minimum Gasteiger partial charge on any atom is -0.496 e. The highest BCUT2D eigenvalue weighted by Crippen LogP contribution is 2.47. The Balaban J connectivity index is 1.49. The van der Waals surface area contributed by atoms with E-state index in [0.29, 0.717) is 23.8 Å². The molecule has 1 amide bonds. The molecule has 1 saturated heterocycles. The molecule has 8 heteroatoms. The van der Waals surface area contributed by atoms with Crippen LogP contribution in [0.3, 0.4) is 0 Å². The maximum Gasteiger partial charge on any atom is 0.409 e. The summed E-state index contributed by atoms with van der Waals surface area (Å²) in [5.41, 5.74) is 3.26. The molecule has 2 aromatic heterocycles. The SMILES string of the molecule is COc1cc(-c2ccc(OC)c3nc(C4(COC(=O)N5CCCC5)CC4)nn23)ccc1C. The van der Waals surface area contributed by atoms with Gasteiger partial charge >= 0.3 is 6.09 Å². The molecule has 32 heavy (non-hydrogen) atoms. The Morgan fingerprint density at radius 1 is 1.06 bits per heavy atom. The molecule has 2 fully saturated rings. The molecule has 5 rings (SSSR count). The minimum absolute atomic E-state index is 0.234. The van der Waals surface area contributed by atoms with Gasteiger partial charge in [-0.3, -0.25) is 0 Å². The molecular weight excluding hydrogens is 408 g/mol. The van der Waals surface area contributed by atoms with Crippen LogP contribution in [0, 0.1) is 6.92 Å². The van der Waals surface area contributed by atoms with E-state index in [9.17, 15) is 4.79 Å². The van der Waals surface area contributed by atoms with Gasteiger partial charge in [0.2, 0.25) is 0 Å². The molecule has 1 aromatic carbocycles. The number of nitrogens with zero attached hydrogens (tertiary/aromatic N) is 4. The van der Waals surface area contributed by atoms with Crippen LogP contribution in [0.5, 0.6) is 11.5 Å². The lowest BCUT2D eigenvalue weighted by Gasteiger charge is -2.17. The second-order valence-electron chi connectivity index (χ2n) is 8.67. The van der Waals surface area contributed by atoms with Crippen molar-refractivity contribution in [1.29, 1.82) is 0 Å². The van der Waals surface area contributed by atoms with Gasteiger partial charge in [0.15, 0.2) is 17.2 Å². The lowest BCUT2D eigenvalue weighted by molar-refractivity contribution is 0.100. The molecule has 0 radical (unpaired) electrons. The van der Waals surface area contributed by atoms with Crippen molar-refractivity contribution in [2.24, 2.45) is 0 Å². The average molecular weight is 437 g/mol. The van der Waals surface area contributed by atoms with Crippen molar-refractivity contribution in [3.63, 3.8) is 0 Å². The van der Waals surface area contributed by atoms with Crippen LogP contribution in [0.1, 0.15) is 37.1 Å². The number of amides is 1. The van der Waals surface area contributed by atoms with Gasteiger partial charge in [0.1, 0.15) is 12.4 Å². The molecule has 0 bridgehead atoms. The van der Waals surface area contributed by atoms with E-state index in [-0.39, 0.29) is 11.5 Å². The number of benzene rings is 1. The number of hydrogen-bond donors (Lipinski definition) is 0. The van der Waals surface area contributed by atoms with E-state index in [1.165, 1.54) is 0 Å². The summed E-state index contributed by atoms with van der Waals surface area (Å²) >= 11 is 0. The molecule has 3 aromatic rings. The number of aryl methyl sites for hydroxylation is 1. The fourth-order valence-corrected chi connectivity index (χ4v) is 4.30. The van der Waals surface area contributed by atoms with E-state index in [0.717, 1.165) is 61.3 Å². The molecule has 0 atom stereocenters. The van der Waals surface area contributed by atoms with Gasteiger partial charge in [0.25, 0.3) is 0 Å². The van der Waals surface area contributed by atoms with Crippen molar-refractivity contribution < 1.29 is 19.0 Å². The molecule has 1 aliphatic heterocycles. The zero-order valence-corrected chi connectivity index (χ0v) is 18.8. The smallest absolute Gasteiger partial charge is 0.409 e. The Labute approximate surface area is 187 Å². The van der Waals surface area contributed by atoms with Crippen LogP contribution in [0.25, 0.3) is 16.9 Å². The summed E-state index contributed by atoms with van der Waals surface area (Å²) in [4.78, 5) is 19.0. The standard InChI is InChI=1S/C24H28N4O4/c1-16-6-7-17(14-20(16)31-3)18-8-9-19(30-2)21-25-22(26-28(18)21)24(10-11-24)15-32-23(29)27-12-4-5-13-27/h6-9,14H,4-5,10-13,15H2,1-3H3. The number of methoxy groups -OCH3 is 2. The van der Waals surface area contributed by atoms with E-state index in [4.69, 9.17) is 24.3 Å². The number of likely N-dealkylation sites (tertiary alicyclic amines) is 1. The quantitative estimate of drug-likeness (QED) is 0.582. The first kappa shape index (κ1) is 20.6. The Morgan fingerprint density at radius 3 is 2.50 bits per heavy atom. The molecule has 3 heterocycles. The number of aromatic nitrogens is 3. The number of ether oxygens (including phenoxy) is 3. The number of carbonyl (C=O) groups excluding carboxylic acids is 1. The normalized spacial score (nSPS) is 16.9. The van der Waals surface area contributed by atoms with E-state index in [1.807, 2.05) is 41.8 Å². The van der Waals surface area contributed by atoms with Gasteiger partial charge in [0, 0.05) is 18.7 Å². The van der Waals surface area contributed by atoms with E-state index < -0.39 is 0 Å². The molecular formula is C24H28N4O4. The Morgan fingerprint density at radius 2 is 1.81 bits per heavy atom. The third kappa shape index (κ3) is 3.53. The Hall–Kier alpha value is -3.29. The Kier molecular flexibility index (Phi) is 5.15. The first-order valence-corrected chi connectivity index (χ1v) is 11.1. The number of fused-ring (bicyclic) bond motifs is 1. The van der Waals surface area contributed by atoms with Crippen molar-refractivity contribution >= 4 is 11.7 Å². The first-order chi connectivity index (χ1) is 15.5. The van der Waals surface area contributed by atoms with Gasteiger partial charge in [-0.2, -0.15) is 0 Å². The highest BCUT2D eigenvalue weighted by molar-refractivity contribution is 5.69. The molecule has 0 N–H and O–H groups in total. The average Bonchev–Trinajstić information content (AvgIpc) is 3.20. The monoisotopic (exact) mass is 436 g/mol. The fourth-order valence-electron chi connectivity index (χ4n) is 4.30. The molecule has 168 valence electrons. The molecule has 0 unspecified atom stereocenters. The summed E-state index contributed by atoms with van der Waals surface area (Å²) in [6, 6.07) is 9.96. The molecule has 8 nitrogen and oxygen atoms in total. The second kappa shape index (κ2) is 8.00. The number of carbonyl (C=O) groups is 1. The number of rotatable bonds is 6. The van der Waals surface area contributed by atoms with Crippen molar-refractivity contribution in [2.45, 2.75) is 38.0 Å². The van der Waals surface area contributed by atoms with Gasteiger partial charge in [-0.1, -0.05) is 12.1 Å². The largest absolute Gasteiger partial charge is 0.496 e. The summed E-state index contributed by atoms with van der Waals surface area (Å²) in [5.74, 6) is 2.16. The van der Waals surface area contributed by atoms with Crippen LogP contribution in [-0.2, 0) is 10.2 Å². The minimum atomic E-state index is -0.325. The summed E-state index contributed by atoms with van der Waals surface area (Å²) in [5, 5.41) is 4.87. The fraction of sp³-hybridized carbons (Fsp3) is 0.458. The predicted molar refractivity (Wildman–Crippen MR) is 119 cm³/mol. The maximum atomic E-state index is 12.4. The number of pyridine rings is 1. The van der Waals surface area contributed by atoms with Crippen molar-refractivity contribution in [2.75, 3.05) is 33.9 Å². The van der Waals surface area contributed by atoms with Crippen LogP contribution in [0.15, 0.2) is 30.3 Å². The van der Waals surface area contributed by atoms with Gasteiger partial charge < -0.3 is 19.1 Å². The second-order valence-corrected chi connectivity index (χ2v) is 8.67. The van der Waals surface area contributed by atoms with Crippen LogP contribution >= 0.6 is 0 Å². The van der Waals surface area contributed by atoms with Gasteiger partial charge in [-0.25, -0.2) is 14.3 Å². The van der Waals surface area contributed by atoms with Crippen molar-refractivity contribution in [3.8, 4) is 22.8 Å².